The van der Waals surface area contributed by atoms with E-state index in [1.807, 2.05) is 42.5 Å². The molecule has 2 unspecified atom stereocenters. The van der Waals surface area contributed by atoms with Crippen molar-refractivity contribution in [1.29, 1.82) is 0 Å². The van der Waals surface area contributed by atoms with Crippen molar-refractivity contribution in [2.75, 3.05) is 0 Å². The van der Waals surface area contributed by atoms with Crippen LogP contribution >= 0.6 is 11.8 Å². The van der Waals surface area contributed by atoms with Crippen LogP contribution in [0.15, 0.2) is 59.5 Å². The molecule has 0 aromatic heterocycles. The van der Waals surface area contributed by atoms with E-state index in [-0.39, 0.29) is 6.10 Å². The van der Waals surface area contributed by atoms with Gasteiger partial charge in [-0.05, 0) is 49.2 Å². The molecular formula is C20H24O2S. The number of para-hydroxylation sites is 1. The highest BCUT2D eigenvalue weighted by atomic mass is 32.2. The molecule has 122 valence electrons. The fourth-order valence-corrected chi connectivity index (χ4v) is 4.17. The fourth-order valence-electron chi connectivity index (χ4n) is 2.95. The van der Waals surface area contributed by atoms with Crippen LogP contribution in [-0.4, -0.2) is 16.5 Å². The summed E-state index contributed by atoms with van der Waals surface area (Å²) in [4.78, 5) is 1.20. The maximum atomic E-state index is 10.3. The van der Waals surface area contributed by atoms with Crippen LogP contribution in [0.1, 0.15) is 38.5 Å². The summed E-state index contributed by atoms with van der Waals surface area (Å²) in [6.45, 7) is 0. The molecule has 0 amide bonds. The Labute approximate surface area is 142 Å². The number of rotatable bonds is 4. The second-order valence-corrected chi connectivity index (χ2v) is 7.41. The maximum absolute atomic E-state index is 10.3. The van der Waals surface area contributed by atoms with Gasteiger partial charge in [0.2, 0.25) is 0 Å². The Bertz CT molecular complexity index is 582. The quantitative estimate of drug-likeness (QED) is 0.786. The normalized spacial score (nSPS) is 22.1. The van der Waals surface area contributed by atoms with Gasteiger partial charge in [-0.1, -0.05) is 43.9 Å². The Morgan fingerprint density at radius 3 is 2.17 bits per heavy atom. The molecule has 0 saturated heterocycles. The highest BCUT2D eigenvalue weighted by Gasteiger charge is 2.21. The van der Waals surface area contributed by atoms with E-state index in [1.54, 1.807) is 11.8 Å². The average molecular weight is 328 g/mol. The predicted molar refractivity (Wildman–Crippen MR) is 96.3 cm³/mol. The average Bonchev–Trinajstić information content (AvgIpc) is 2.57. The predicted octanol–water partition coefficient (Wildman–Crippen LogP) is 5.65. The summed E-state index contributed by atoms with van der Waals surface area (Å²) in [6.07, 6.45) is 6.81. The Hall–Kier alpha value is -1.45. The summed E-state index contributed by atoms with van der Waals surface area (Å²) in [6, 6.07) is 18.0. The van der Waals surface area contributed by atoms with Gasteiger partial charge in [-0.2, -0.15) is 0 Å². The van der Waals surface area contributed by atoms with Crippen LogP contribution < -0.4 is 4.74 Å². The summed E-state index contributed by atoms with van der Waals surface area (Å²) >= 11 is 1.80. The van der Waals surface area contributed by atoms with Gasteiger partial charge < -0.3 is 9.84 Å². The summed E-state index contributed by atoms with van der Waals surface area (Å²) in [5, 5.41) is 10.7. The zero-order valence-corrected chi connectivity index (χ0v) is 14.2. The lowest BCUT2D eigenvalue weighted by Crippen LogP contribution is -2.24. The second kappa shape index (κ2) is 8.42. The second-order valence-electron chi connectivity index (χ2n) is 6.10. The third-order valence-corrected chi connectivity index (χ3v) is 5.65. The molecule has 1 aliphatic carbocycles. The van der Waals surface area contributed by atoms with Gasteiger partial charge in [0.05, 0.1) is 6.10 Å². The van der Waals surface area contributed by atoms with E-state index in [2.05, 4.69) is 12.1 Å². The zero-order chi connectivity index (χ0) is 15.9. The van der Waals surface area contributed by atoms with Crippen LogP contribution in [0.3, 0.4) is 0 Å². The van der Waals surface area contributed by atoms with Crippen molar-refractivity contribution in [1.82, 2.24) is 0 Å². The SMILES string of the molecule is OC1CCCCCCC1Sc1ccc(Oc2ccccc2)cc1. The standard InChI is InChI=1S/C20H24O2S/c21-19-10-6-1-2-7-11-20(19)23-18-14-12-17(13-15-18)22-16-8-4-3-5-9-16/h3-5,8-9,12-15,19-21H,1-2,6-7,10-11H2. The molecule has 0 aliphatic heterocycles. The highest BCUT2D eigenvalue weighted by Crippen LogP contribution is 2.33. The van der Waals surface area contributed by atoms with Crippen LogP contribution in [0.25, 0.3) is 0 Å². The van der Waals surface area contributed by atoms with E-state index in [1.165, 1.54) is 24.2 Å². The first-order valence-corrected chi connectivity index (χ1v) is 9.37. The van der Waals surface area contributed by atoms with Crippen molar-refractivity contribution < 1.29 is 9.84 Å². The number of hydrogen-bond acceptors (Lipinski definition) is 3. The first-order chi connectivity index (χ1) is 11.3. The molecule has 0 radical (unpaired) electrons. The fraction of sp³-hybridized carbons (Fsp3) is 0.400. The zero-order valence-electron chi connectivity index (χ0n) is 13.4. The minimum Gasteiger partial charge on any atom is -0.457 e. The van der Waals surface area contributed by atoms with E-state index < -0.39 is 0 Å². The van der Waals surface area contributed by atoms with Crippen molar-refractivity contribution >= 4 is 11.8 Å². The topological polar surface area (TPSA) is 29.5 Å². The van der Waals surface area contributed by atoms with Crippen molar-refractivity contribution in [3.05, 3.63) is 54.6 Å². The third kappa shape index (κ3) is 5.02. The molecule has 2 aromatic carbocycles. The van der Waals surface area contributed by atoms with Gasteiger partial charge in [0.15, 0.2) is 0 Å². The summed E-state index contributed by atoms with van der Waals surface area (Å²) in [7, 11) is 0. The van der Waals surface area contributed by atoms with Gasteiger partial charge in [-0.15, -0.1) is 11.8 Å². The van der Waals surface area contributed by atoms with Crippen LogP contribution in [0.4, 0.5) is 0 Å². The summed E-state index contributed by atoms with van der Waals surface area (Å²) < 4.78 is 5.82. The molecule has 0 bridgehead atoms. The number of thioether (sulfide) groups is 1. The molecule has 2 nitrogen and oxygen atoms in total. The van der Waals surface area contributed by atoms with Gasteiger partial charge in [-0.25, -0.2) is 0 Å². The van der Waals surface area contributed by atoms with E-state index in [4.69, 9.17) is 4.74 Å². The molecule has 23 heavy (non-hydrogen) atoms. The number of aliphatic hydroxyl groups is 1. The third-order valence-electron chi connectivity index (χ3n) is 4.26. The molecule has 2 aromatic rings. The van der Waals surface area contributed by atoms with Crippen molar-refractivity contribution in [2.24, 2.45) is 0 Å². The van der Waals surface area contributed by atoms with E-state index in [0.717, 1.165) is 30.8 Å². The van der Waals surface area contributed by atoms with Crippen molar-refractivity contribution in [3.63, 3.8) is 0 Å². The molecule has 1 N–H and O–H groups in total. The van der Waals surface area contributed by atoms with Crippen LogP contribution in [0.5, 0.6) is 11.5 Å². The molecule has 0 heterocycles. The van der Waals surface area contributed by atoms with E-state index in [9.17, 15) is 5.11 Å². The molecule has 1 fully saturated rings. The Morgan fingerprint density at radius 2 is 1.43 bits per heavy atom. The summed E-state index contributed by atoms with van der Waals surface area (Å²) in [5.41, 5.74) is 0. The number of benzene rings is 2. The maximum Gasteiger partial charge on any atom is 0.127 e. The first-order valence-electron chi connectivity index (χ1n) is 8.49. The smallest absolute Gasteiger partial charge is 0.127 e. The van der Waals surface area contributed by atoms with Gasteiger partial charge in [0, 0.05) is 10.1 Å². The van der Waals surface area contributed by atoms with Crippen molar-refractivity contribution in [2.45, 2.75) is 54.8 Å². The monoisotopic (exact) mass is 328 g/mol. The lowest BCUT2D eigenvalue weighted by atomic mass is 9.98. The number of aliphatic hydroxyl groups excluding tert-OH is 1. The largest absolute Gasteiger partial charge is 0.457 e. The molecule has 0 spiro atoms. The van der Waals surface area contributed by atoms with Crippen LogP contribution in [0.2, 0.25) is 0 Å². The van der Waals surface area contributed by atoms with Crippen LogP contribution in [-0.2, 0) is 0 Å². The minimum absolute atomic E-state index is 0.180. The Balaban J connectivity index is 1.60. The van der Waals surface area contributed by atoms with Gasteiger partial charge in [0.25, 0.3) is 0 Å². The van der Waals surface area contributed by atoms with Crippen LogP contribution in [0, 0.1) is 0 Å². The van der Waals surface area contributed by atoms with Gasteiger partial charge >= 0.3 is 0 Å². The molecule has 2 atom stereocenters. The Morgan fingerprint density at radius 1 is 0.783 bits per heavy atom. The number of hydrogen-bond donors (Lipinski definition) is 1. The Kier molecular flexibility index (Phi) is 6.00. The minimum atomic E-state index is -0.180. The molecule has 3 rings (SSSR count). The lowest BCUT2D eigenvalue weighted by Gasteiger charge is -2.24. The number of ether oxygens (including phenoxy) is 1. The van der Waals surface area contributed by atoms with E-state index >= 15 is 0 Å². The molecule has 3 heteroatoms. The summed E-state index contributed by atoms with van der Waals surface area (Å²) in [5.74, 6) is 1.70. The first kappa shape index (κ1) is 16.4. The highest BCUT2D eigenvalue weighted by molar-refractivity contribution is 8.00. The van der Waals surface area contributed by atoms with Gasteiger partial charge in [0.1, 0.15) is 11.5 Å². The lowest BCUT2D eigenvalue weighted by molar-refractivity contribution is 0.148. The van der Waals surface area contributed by atoms with Crippen molar-refractivity contribution in [3.8, 4) is 11.5 Å². The van der Waals surface area contributed by atoms with E-state index in [0.29, 0.717) is 5.25 Å². The molecular weight excluding hydrogens is 304 g/mol. The molecule has 1 aliphatic rings. The molecule has 1 saturated carbocycles. The van der Waals surface area contributed by atoms with Gasteiger partial charge in [-0.3, -0.25) is 0 Å².